The summed E-state index contributed by atoms with van der Waals surface area (Å²) in [5, 5.41) is 27.2. The summed E-state index contributed by atoms with van der Waals surface area (Å²) >= 11 is 0. The first-order valence-corrected chi connectivity index (χ1v) is 20.4. The normalized spacial score (nSPS) is 11.6. The molecule has 0 aliphatic heterocycles. The molecule has 0 N–H and O–H groups in total. The van der Waals surface area contributed by atoms with Gasteiger partial charge in [-0.15, -0.1) is 0 Å². The van der Waals surface area contributed by atoms with E-state index in [0.717, 1.165) is 83.2 Å². The number of aromatic nitrogens is 3. The molecule has 0 radical (unpaired) electrons. The van der Waals surface area contributed by atoms with E-state index in [2.05, 4.69) is 190 Å². The molecular weight excluding hydrogens is 743 g/mol. The summed E-state index contributed by atoms with van der Waals surface area (Å²) in [6, 6.07) is 75.0. The van der Waals surface area contributed by atoms with E-state index < -0.39 is 0 Å². The second kappa shape index (κ2) is 13.5. The predicted molar refractivity (Wildman–Crippen MR) is 250 cm³/mol. The lowest BCUT2D eigenvalue weighted by atomic mass is 9.90. The van der Waals surface area contributed by atoms with Gasteiger partial charge in [-0.25, -0.2) is 0 Å². The number of benzene rings is 9. The number of hydrogen-bond donors (Lipinski definition) is 0. The summed E-state index contributed by atoms with van der Waals surface area (Å²) in [5.74, 6) is 0. The fraction of sp³-hybridized carbons (Fsp3) is 0. The Bertz CT molecular complexity index is 3570. The van der Waals surface area contributed by atoms with Crippen molar-refractivity contribution in [2.24, 2.45) is 0 Å². The van der Waals surface area contributed by atoms with Crippen LogP contribution >= 0.6 is 0 Å². The van der Waals surface area contributed by atoms with Crippen molar-refractivity contribution in [2.75, 3.05) is 0 Å². The van der Waals surface area contributed by atoms with Crippen molar-refractivity contribution in [2.45, 2.75) is 0 Å². The van der Waals surface area contributed by atoms with Crippen LogP contribution in [0.15, 0.2) is 200 Å². The van der Waals surface area contributed by atoms with Gasteiger partial charge in [0.15, 0.2) is 0 Å². The Kier molecular flexibility index (Phi) is 7.59. The van der Waals surface area contributed by atoms with Crippen LogP contribution in [0.3, 0.4) is 0 Å². The molecule has 0 atom stereocenters. The van der Waals surface area contributed by atoms with Crippen LogP contribution in [0.1, 0.15) is 11.1 Å². The summed E-state index contributed by atoms with van der Waals surface area (Å²) in [6.45, 7) is 0. The first kappa shape index (κ1) is 34.4. The molecule has 12 aromatic rings. The van der Waals surface area contributed by atoms with E-state index in [4.69, 9.17) is 0 Å². The molecule has 3 heterocycles. The lowest BCUT2D eigenvalue weighted by molar-refractivity contribution is 1.16. The molecule has 9 aromatic carbocycles. The third-order valence-corrected chi connectivity index (χ3v) is 12.3. The van der Waals surface area contributed by atoms with Gasteiger partial charge in [-0.1, -0.05) is 109 Å². The molecule has 5 heteroatoms. The van der Waals surface area contributed by atoms with Crippen molar-refractivity contribution >= 4 is 65.4 Å². The Hall–Kier alpha value is -8.64. The lowest BCUT2D eigenvalue weighted by Crippen LogP contribution is -1.98. The highest BCUT2D eigenvalue weighted by molar-refractivity contribution is 6.14. The van der Waals surface area contributed by atoms with Gasteiger partial charge >= 0.3 is 0 Å². The minimum Gasteiger partial charge on any atom is -0.309 e. The quantitative estimate of drug-likeness (QED) is 0.175. The molecule has 0 fully saturated rings. The van der Waals surface area contributed by atoms with Crippen LogP contribution in [0.5, 0.6) is 0 Å². The van der Waals surface area contributed by atoms with Crippen LogP contribution < -0.4 is 0 Å². The largest absolute Gasteiger partial charge is 0.309 e. The summed E-state index contributed by atoms with van der Waals surface area (Å²) in [4.78, 5) is 0. The molecule has 0 aliphatic carbocycles. The number of rotatable bonds is 5. The van der Waals surface area contributed by atoms with Crippen molar-refractivity contribution in [3.8, 4) is 51.5 Å². The second-order valence-electron chi connectivity index (χ2n) is 15.6. The van der Waals surface area contributed by atoms with Crippen molar-refractivity contribution in [3.05, 3.63) is 211 Å². The van der Waals surface area contributed by atoms with Gasteiger partial charge < -0.3 is 13.7 Å². The van der Waals surface area contributed by atoms with Gasteiger partial charge in [0, 0.05) is 54.9 Å². The zero-order valence-corrected chi connectivity index (χ0v) is 32.8. The van der Waals surface area contributed by atoms with Crippen molar-refractivity contribution < 1.29 is 0 Å². The Morgan fingerprint density at radius 2 is 0.721 bits per heavy atom. The predicted octanol–water partition coefficient (Wildman–Crippen LogP) is 14.1. The third kappa shape index (κ3) is 5.18. The van der Waals surface area contributed by atoms with E-state index in [1.165, 1.54) is 21.5 Å². The van der Waals surface area contributed by atoms with Crippen molar-refractivity contribution in [3.63, 3.8) is 0 Å². The molecular formula is C56H33N5. The minimum absolute atomic E-state index is 0.512. The molecule has 12 rings (SSSR count). The molecule has 0 saturated heterocycles. The summed E-state index contributed by atoms with van der Waals surface area (Å²) in [5.41, 5.74) is 14.7. The number of hydrogen-bond acceptors (Lipinski definition) is 2. The molecule has 0 aliphatic rings. The number of para-hydroxylation sites is 4. The zero-order chi connectivity index (χ0) is 40.6. The van der Waals surface area contributed by atoms with E-state index in [1.807, 2.05) is 24.3 Å². The SMILES string of the molecule is N#Cc1ccc(C#N)c(-c2ccc(-n3c4ccc(-n5c6ccccc6c6ccccc65)cc4c4cc(-n5c6ccccc6c6ccccc65)ccc43)cc2-c2ccccc2)c1. The molecule has 5 nitrogen and oxygen atoms in total. The van der Waals surface area contributed by atoms with Crippen LogP contribution in [-0.4, -0.2) is 13.7 Å². The molecule has 0 bridgehead atoms. The van der Waals surface area contributed by atoms with Crippen LogP contribution in [0.4, 0.5) is 0 Å². The first-order chi connectivity index (χ1) is 30.2. The molecule has 0 spiro atoms. The van der Waals surface area contributed by atoms with Crippen molar-refractivity contribution in [1.29, 1.82) is 10.5 Å². The Labute approximate surface area is 351 Å². The maximum Gasteiger partial charge on any atom is 0.0998 e. The Morgan fingerprint density at radius 1 is 0.295 bits per heavy atom. The van der Waals surface area contributed by atoms with Crippen molar-refractivity contribution in [1.82, 2.24) is 13.7 Å². The molecule has 3 aromatic heterocycles. The zero-order valence-electron chi connectivity index (χ0n) is 32.8. The molecule has 0 amide bonds. The maximum atomic E-state index is 10.2. The summed E-state index contributed by atoms with van der Waals surface area (Å²) < 4.78 is 7.13. The third-order valence-electron chi connectivity index (χ3n) is 12.3. The second-order valence-corrected chi connectivity index (χ2v) is 15.6. The topological polar surface area (TPSA) is 62.4 Å². The Morgan fingerprint density at radius 3 is 1.20 bits per heavy atom. The van der Waals surface area contributed by atoms with Gasteiger partial charge in [-0.05, 0) is 108 Å². The lowest BCUT2D eigenvalue weighted by Gasteiger charge is -2.16. The van der Waals surface area contributed by atoms with Gasteiger partial charge in [0.1, 0.15) is 0 Å². The summed E-state index contributed by atoms with van der Waals surface area (Å²) in [6.07, 6.45) is 0. The average molecular weight is 776 g/mol. The van der Waals surface area contributed by atoms with E-state index >= 15 is 0 Å². The smallest absolute Gasteiger partial charge is 0.0998 e. The van der Waals surface area contributed by atoms with E-state index in [0.29, 0.717) is 11.1 Å². The number of nitrogens with zero attached hydrogens (tertiary/aromatic N) is 5. The highest BCUT2D eigenvalue weighted by Crippen LogP contribution is 2.42. The number of nitriles is 2. The number of fused-ring (bicyclic) bond motifs is 9. The van der Waals surface area contributed by atoms with Gasteiger partial charge in [0.05, 0.1) is 56.4 Å². The average Bonchev–Trinajstić information content (AvgIpc) is 3.96. The van der Waals surface area contributed by atoms with Crippen LogP contribution in [-0.2, 0) is 0 Å². The van der Waals surface area contributed by atoms with Gasteiger partial charge in [-0.2, -0.15) is 10.5 Å². The highest BCUT2D eigenvalue weighted by Gasteiger charge is 2.21. The Balaban J connectivity index is 1.16. The molecule has 0 unspecified atom stereocenters. The molecule has 0 saturated carbocycles. The first-order valence-electron chi connectivity index (χ1n) is 20.4. The van der Waals surface area contributed by atoms with Crippen LogP contribution in [0.25, 0.3) is 105 Å². The van der Waals surface area contributed by atoms with E-state index in [-0.39, 0.29) is 0 Å². The fourth-order valence-corrected chi connectivity index (χ4v) is 9.65. The van der Waals surface area contributed by atoms with Gasteiger partial charge in [0.2, 0.25) is 0 Å². The van der Waals surface area contributed by atoms with E-state index in [9.17, 15) is 10.5 Å². The standard InChI is InChI=1S/C56H33N5/c57-34-36-22-23-38(35-58)47(30-36)42-27-24-39(31-48(42)37-12-2-1-3-13-37)61-55-28-25-40(59-51-18-8-4-14-43(51)44-15-5-9-19-52(44)59)32-49(55)50-33-41(26-29-56(50)61)60-53-20-10-6-16-45(53)46-17-7-11-21-54(46)60/h1-33H. The van der Waals surface area contributed by atoms with E-state index in [1.54, 1.807) is 12.1 Å². The highest BCUT2D eigenvalue weighted by atomic mass is 15.0. The molecule has 282 valence electrons. The monoisotopic (exact) mass is 775 g/mol. The minimum atomic E-state index is 0.512. The van der Waals surface area contributed by atoms with Crippen LogP contribution in [0.2, 0.25) is 0 Å². The molecule has 61 heavy (non-hydrogen) atoms. The summed E-state index contributed by atoms with van der Waals surface area (Å²) in [7, 11) is 0. The fourth-order valence-electron chi connectivity index (χ4n) is 9.65. The van der Waals surface area contributed by atoms with Gasteiger partial charge in [-0.3, -0.25) is 0 Å². The van der Waals surface area contributed by atoms with Gasteiger partial charge in [0.25, 0.3) is 0 Å². The maximum absolute atomic E-state index is 10.2. The van der Waals surface area contributed by atoms with Crippen LogP contribution in [0, 0.1) is 22.7 Å².